The number of halogens is 3. The maximum Gasteiger partial charge on any atom is 0.278 e. The van der Waals surface area contributed by atoms with Crippen LogP contribution >= 0.6 is 0 Å². The van der Waals surface area contributed by atoms with E-state index in [9.17, 15) is 27.6 Å². The molecule has 3 aliphatic rings. The number of hydrogen-bond acceptors (Lipinski definition) is 5. The fourth-order valence-corrected chi connectivity index (χ4v) is 5.87. The summed E-state index contributed by atoms with van der Waals surface area (Å²) in [5.74, 6) is -4.29. The van der Waals surface area contributed by atoms with E-state index in [0.717, 1.165) is 12.0 Å². The molecular weight excluding hydrogens is 525 g/mol. The van der Waals surface area contributed by atoms with Gasteiger partial charge in [0.05, 0.1) is 0 Å². The molecular formula is C29H27F3N4O4. The summed E-state index contributed by atoms with van der Waals surface area (Å²) in [6.45, 7) is 3.68. The van der Waals surface area contributed by atoms with E-state index < -0.39 is 40.9 Å². The second kappa shape index (κ2) is 9.72. The van der Waals surface area contributed by atoms with Gasteiger partial charge in [-0.15, -0.1) is 0 Å². The molecule has 0 unspecified atom stereocenters. The van der Waals surface area contributed by atoms with Gasteiger partial charge in [0, 0.05) is 42.5 Å². The zero-order valence-corrected chi connectivity index (χ0v) is 21.9. The molecule has 8 nitrogen and oxygen atoms in total. The van der Waals surface area contributed by atoms with E-state index in [1.165, 1.54) is 10.9 Å². The molecule has 2 amide bonds. The summed E-state index contributed by atoms with van der Waals surface area (Å²) in [6, 6.07) is 10.1. The minimum absolute atomic E-state index is 0.00657. The van der Waals surface area contributed by atoms with Crippen molar-refractivity contribution in [3.8, 4) is 5.75 Å². The lowest BCUT2D eigenvalue weighted by Crippen LogP contribution is -2.58. The highest BCUT2D eigenvalue weighted by atomic mass is 19.1. The zero-order valence-electron chi connectivity index (χ0n) is 21.9. The Kier molecular flexibility index (Phi) is 6.31. The van der Waals surface area contributed by atoms with Crippen LogP contribution in [0.3, 0.4) is 0 Å². The van der Waals surface area contributed by atoms with Crippen molar-refractivity contribution in [2.75, 3.05) is 11.7 Å². The third-order valence-corrected chi connectivity index (χ3v) is 8.28. The van der Waals surface area contributed by atoms with Gasteiger partial charge in [-0.05, 0) is 37.7 Å². The fourth-order valence-electron chi connectivity index (χ4n) is 5.87. The van der Waals surface area contributed by atoms with Crippen LogP contribution in [0.2, 0.25) is 0 Å². The van der Waals surface area contributed by atoms with Gasteiger partial charge < -0.3 is 15.0 Å². The Balaban J connectivity index is 1.41. The average molecular weight is 553 g/mol. The lowest BCUT2D eigenvalue weighted by Gasteiger charge is -2.43. The maximum absolute atomic E-state index is 14.2. The van der Waals surface area contributed by atoms with Crippen LogP contribution in [0.15, 0.2) is 53.5 Å². The van der Waals surface area contributed by atoms with E-state index in [0.29, 0.717) is 24.0 Å². The number of aromatic nitrogens is 1. The molecule has 1 aliphatic carbocycles. The Morgan fingerprint density at radius 2 is 1.70 bits per heavy atom. The molecule has 208 valence electrons. The van der Waals surface area contributed by atoms with Crippen LogP contribution in [0.4, 0.5) is 13.2 Å². The van der Waals surface area contributed by atoms with Crippen LogP contribution in [0.5, 0.6) is 5.75 Å². The van der Waals surface area contributed by atoms with Crippen molar-refractivity contribution in [1.29, 1.82) is 0 Å². The number of rotatable bonds is 6. The standard InChI is InChI=1S/C29H27F3N4O4/c1-15-19-10-20(19)16(2)36-14-34(15)29(39)25-27(40-13-17-6-4-3-5-7-17)26(37)22(12-35(25)36)28(38)33-11-21-23(31)8-18(30)9-24(21)32/h3-9,12,15-16,19-20H,10-11,13-14H2,1-2H3,(H,33,38)/t15-,16+,19-,20+/m0/s1. The number of benzene rings is 2. The average Bonchev–Trinajstić information content (AvgIpc) is 3.73. The van der Waals surface area contributed by atoms with Crippen molar-refractivity contribution < 1.29 is 27.5 Å². The largest absolute Gasteiger partial charge is 0.482 e. The van der Waals surface area contributed by atoms with Gasteiger partial charge in [-0.25, -0.2) is 13.2 Å². The first-order valence-electron chi connectivity index (χ1n) is 13.1. The fraction of sp³-hybridized carbons (Fsp3) is 0.345. The Labute approximate surface area is 227 Å². The maximum atomic E-state index is 14.2. The number of hydrogen-bond donors (Lipinski definition) is 1. The first-order valence-corrected chi connectivity index (χ1v) is 13.1. The van der Waals surface area contributed by atoms with E-state index in [1.54, 1.807) is 17.0 Å². The number of ether oxygens (including phenoxy) is 1. The number of pyridine rings is 1. The Bertz CT molecular complexity index is 1550. The van der Waals surface area contributed by atoms with Gasteiger partial charge in [0.25, 0.3) is 11.8 Å². The minimum atomic E-state index is -1.16. The Morgan fingerprint density at radius 1 is 1.02 bits per heavy atom. The first-order chi connectivity index (χ1) is 19.2. The van der Waals surface area contributed by atoms with Gasteiger partial charge in [0.15, 0.2) is 11.4 Å². The van der Waals surface area contributed by atoms with Crippen molar-refractivity contribution in [2.45, 2.75) is 45.5 Å². The van der Waals surface area contributed by atoms with E-state index in [1.807, 2.05) is 37.1 Å². The monoisotopic (exact) mass is 552 g/mol. The normalized spacial score (nSPS) is 22.8. The van der Waals surface area contributed by atoms with E-state index >= 15 is 0 Å². The molecule has 2 aromatic carbocycles. The Morgan fingerprint density at radius 3 is 2.40 bits per heavy atom. The molecule has 2 aliphatic heterocycles. The van der Waals surface area contributed by atoms with Crippen molar-refractivity contribution in [3.05, 3.63) is 98.7 Å². The lowest BCUT2D eigenvalue weighted by molar-refractivity contribution is 0.0602. The number of nitrogens with one attached hydrogen (secondary N) is 1. The molecule has 11 heteroatoms. The number of carbonyl (C=O) groups excluding carboxylic acids is 2. The van der Waals surface area contributed by atoms with Crippen LogP contribution < -0.4 is 20.5 Å². The SMILES string of the molecule is C[C@@H]1[C@H]2C[C@H]2[C@H](C)N2CN1n1cc(C(=O)NCc3c(F)cc(F)cc3F)c(=O)c(OCc3ccccc3)c1C2=O. The van der Waals surface area contributed by atoms with E-state index in [2.05, 4.69) is 5.32 Å². The second-order valence-electron chi connectivity index (χ2n) is 10.6. The van der Waals surface area contributed by atoms with Gasteiger partial charge in [-0.2, -0.15) is 0 Å². The zero-order chi connectivity index (χ0) is 28.3. The molecule has 2 bridgehead atoms. The highest BCUT2D eigenvalue weighted by molar-refractivity contribution is 5.99. The summed E-state index contributed by atoms with van der Waals surface area (Å²) in [4.78, 5) is 42.5. The van der Waals surface area contributed by atoms with Crippen molar-refractivity contribution in [1.82, 2.24) is 14.9 Å². The minimum Gasteiger partial charge on any atom is -0.482 e. The molecule has 3 aromatic rings. The molecule has 1 saturated carbocycles. The Hall–Kier alpha value is -4.28. The van der Waals surface area contributed by atoms with Crippen molar-refractivity contribution in [2.24, 2.45) is 11.8 Å². The van der Waals surface area contributed by atoms with Crippen LogP contribution in [0, 0.1) is 29.3 Å². The molecule has 1 N–H and O–H groups in total. The summed E-state index contributed by atoms with van der Waals surface area (Å²) >= 11 is 0. The summed E-state index contributed by atoms with van der Waals surface area (Å²) in [5.41, 5.74) is -0.942. The second-order valence-corrected chi connectivity index (χ2v) is 10.6. The van der Waals surface area contributed by atoms with Crippen molar-refractivity contribution in [3.63, 3.8) is 0 Å². The third kappa shape index (κ3) is 4.29. The van der Waals surface area contributed by atoms with Gasteiger partial charge in [-0.3, -0.25) is 24.1 Å². The molecule has 4 atom stereocenters. The molecule has 1 aromatic heterocycles. The van der Waals surface area contributed by atoms with Gasteiger partial charge in [0.2, 0.25) is 5.43 Å². The van der Waals surface area contributed by atoms with Crippen LogP contribution in [-0.2, 0) is 13.2 Å². The summed E-state index contributed by atoms with van der Waals surface area (Å²) in [7, 11) is 0. The van der Waals surface area contributed by atoms with E-state index in [4.69, 9.17) is 4.74 Å². The predicted octanol–water partition coefficient (Wildman–Crippen LogP) is 3.55. The molecule has 6 rings (SSSR count). The van der Waals surface area contributed by atoms with Crippen LogP contribution in [-0.4, -0.2) is 40.1 Å². The number of fused-ring (bicyclic) bond motifs is 5. The molecule has 1 saturated heterocycles. The highest BCUT2D eigenvalue weighted by Crippen LogP contribution is 2.49. The smallest absolute Gasteiger partial charge is 0.278 e. The highest BCUT2D eigenvalue weighted by Gasteiger charge is 2.54. The van der Waals surface area contributed by atoms with Crippen LogP contribution in [0.1, 0.15) is 52.2 Å². The summed E-state index contributed by atoms with van der Waals surface area (Å²) in [6.07, 6.45) is 2.26. The van der Waals surface area contributed by atoms with E-state index in [-0.39, 0.29) is 48.3 Å². The van der Waals surface area contributed by atoms with Gasteiger partial charge in [-0.1, -0.05) is 30.3 Å². The predicted molar refractivity (Wildman–Crippen MR) is 139 cm³/mol. The number of carbonyl (C=O) groups is 2. The van der Waals surface area contributed by atoms with Crippen LogP contribution in [0.25, 0.3) is 0 Å². The molecule has 0 spiro atoms. The topological polar surface area (TPSA) is 83.9 Å². The summed E-state index contributed by atoms with van der Waals surface area (Å²) in [5, 5.41) is 4.30. The first kappa shape index (κ1) is 26.0. The number of nitrogens with zero attached hydrogens (tertiary/aromatic N) is 3. The third-order valence-electron chi connectivity index (χ3n) is 8.28. The van der Waals surface area contributed by atoms with Gasteiger partial charge >= 0.3 is 0 Å². The van der Waals surface area contributed by atoms with Gasteiger partial charge in [0.1, 0.15) is 36.3 Å². The number of amides is 2. The molecule has 0 radical (unpaired) electrons. The van der Waals surface area contributed by atoms with Crippen molar-refractivity contribution >= 4 is 11.8 Å². The quantitative estimate of drug-likeness (QED) is 0.506. The lowest BCUT2D eigenvalue weighted by atomic mass is 10.1. The molecule has 3 heterocycles. The summed E-state index contributed by atoms with van der Waals surface area (Å²) < 4.78 is 49.1. The molecule has 2 fully saturated rings. The molecule has 40 heavy (non-hydrogen) atoms.